The van der Waals surface area contributed by atoms with Crippen LogP contribution in [0.2, 0.25) is 0 Å². The summed E-state index contributed by atoms with van der Waals surface area (Å²) in [5.74, 6) is 0.324. The van der Waals surface area contributed by atoms with Gasteiger partial charge in [0.25, 0.3) is 5.56 Å². The minimum absolute atomic E-state index is 0.149. The van der Waals surface area contributed by atoms with Gasteiger partial charge in [0.1, 0.15) is 5.82 Å². The molecule has 1 aromatic carbocycles. The fraction of sp³-hybridized carbons (Fsp3) is 0.231. The molecule has 0 saturated heterocycles. The van der Waals surface area contributed by atoms with Gasteiger partial charge in [0.2, 0.25) is 0 Å². The van der Waals surface area contributed by atoms with Crippen LogP contribution in [0.15, 0.2) is 40.3 Å². The van der Waals surface area contributed by atoms with Crippen LogP contribution in [-0.2, 0) is 12.2 Å². The largest absolute Gasteiger partial charge is 0.301 e. The van der Waals surface area contributed by atoms with Crippen molar-refractivity contribution in [2.24, 2.45) is 0 Å². The first-order chi connectivity index (χ1) is 8.67. The van der Waals surface area contributed by atoms with E-state index in [1.165, 1.54) is 30.0 Å². The van der Waals surface area contributed by atoms with Gasteiger partial charge in [-0.15, -0.1) is 0 Å². The predicted octanol–water partition coefficient (Wildman–Crippen LogP) is 2.76. The second-order valence-electron chi connectivity index (χ2n) is 3.81. The lowest BCUT2D eigenvalue weighted by molar-refractivity contribution is 0.626. The van der Waals surface area contributed by atoms with Crippen molar-refractivity contribution in [3.63, 3.8) is 0 Å². The Labute approximate surface area is 108 Å². The van der Waals surface area contributed by atoms with Crippen LogP contribution in [0.25, 0.3) is 0 Å². The zero-order valence-electron chi connectivity index (χ0n) is 9.94. The van der Waals surface area contributed by atoms with Crippen LogP contribution in [0.4, 0.5) is 4.39 Å². The molecule has 3 nitrogen and oxygen atoms in total. The molecule has 2 aromatic rings. The SMILES string of the molecule is CCc1cc(=O)[nH]c(SCc2cccc(F)c2)n1. The second-order valence-corrected chi connectivity index (χ2v) is 4.78. The Kier molecular flexibility index (Phi) is 4.15. The van der Waals surface area contributed by atoms with Crippen molar-refractivity contribution in [3.8, 4) is 0 Å². The van der Waals surface area contributed by atoms with E-state index in [2.05, 4.69) is 9.97 Å². The molecule has 0 aliphatic rings. The number of aromatic amines is 1. The summed E-state index contributed by atoms with van der Waals surface area (Å²) in [5, 5.41) is 0.573. The molecular weight excluding hydrogens is 251 g/mol. The number of aromatic nitrogens is 2. The summed E-state index contributed by atoms with van der Waals surface area (Å²) in [7, 11) is 0. The number of halogens is 1. The number of hydrogen-bond acceptors (Lipinski definition) is 3. The zero-order chi connectivity index (χ0) is 13.0. The number of nitrogens with zero attached hydrogens (tertiary/aromatic N) is 1. The Bertz CT molecular complexity index is 598. The van der Waals surface area contributed by atoms with Gasteiger partial charge >= 0.3 is 0 Å². The highest BCUT2D eigenvalue weighted by Gasteiger charge is 2.02. The Morgan fingerprint density at radius 1 is 1.39 bits per heavy atom. The van der Waals surface area contributed by atoms with Gasteiger partial charge in [-0.25, -0.2) is 9.37 Å². The van der Waals surface area contributed by atoms with Crippen molar-refractivity contribution in [2.75, 3.05) is 0 Å². The van der Waals surface area contributed by atoms with Gasteiger partial charge in [0, 0.05) is 17.5 Å². The predicted molar refractivity (Wildman–Crippen MR) is 70.2 cm³/mol. The van der Waals surface area contributed by atoms with Crippen molar-refractivity contribution >= 4 is 11.8 Å². The van der Waals surface area contributed by atoms with E-state index >= 15 is 0 Å². The maximum absolute atomic E-state index is 13.0. The van der Waals surface area contributed by atoms with Gasteiger partial charge in [-0.3, -0.25) is 4.79 Å². The fourth-order valence-corrected chi connectivity index (χ4v) is 2.35. The molecule has 0 atom stereocenters. The average molecular weight is 264 g/mol. The lowest BCUT2D eigenvalue weighted by Crippen LogP contribution is -2.09. The highest BCUT2D eigenvalue weighted by molar-refractivity contribution is 7.98. The molecule has 0 bridgehead atoms. The van der Waals surface area contributed by atoms with Gasteiger partial charge < -0.3 is 4.98 Å². The minimum Gasteiger partial charge on any atom is -0.301 e. The second kappa shape index (κ2) is 5.82. The molecule has 1 N–H and O–H groups in total. The van der Waals surface area contributed by atoms with E-state index in [4.69, 9.17) is 0 Å². The fourth-order valence-electron chi connectivity index (χ4n) is 1.51. The van der Waals surface area contributed by atoms with E-state index in [0.717, 1.165) is 17.7 Å². The molecule has 0 aliphatic heterocycles. The summed E-state index contributed by atoms with van der Waals surface area (Å²) in [6.07, 6.45) is 0.720. The van der Waals surface area contributed by atoms with Gasteiger partial charge in [-0.2, -0.15) is 0 Å². The number of rotatable bonds is 4. The highest BCUT2D eigenvalue weighted by atomic mass is 32.2. The molecule has 0 radical (unpaired) electrons. The smallest absolute Gasteiger partial charge is 0.251 e. The first kappa shape index (κ1) is 12.8. The average Bonchev–Trinajstić information content (AvgIpc) is 2.36. The number of aryl methyl sites for hydroxylation is 1. The van der Waals surface area contributed by atoms with Crippen LogP contribution < -0.4 is 5.56 Å². The normalized spacial score (nSPS) is 10.6. The van der Waals surface area contributed by atoms with Crippen LogP contribution in [0, 0.1) is 5.82 Å². The Hall–Kier alpha value is -1.62. The maximum atomic E-state index is 13.0. The highest BCUT2D eigenvalue weighted by Crippen LogP contribution is 2.18. The van der Waals surface area contributed by atoms with Crippen molar-refractivity contribution < 1.29 is 4.39 Å². The number of hydrogen-bond donors (Lipinski definition) is 1. The topological polar surface area (TPSA) is 45.8 Å². The maximum Gasteiger partial charge on any atom is 0.251 e. The van der Waals surface area contributed by atoms with E-state index in [1.54, 1.807) is 6.07 Å². The summed E-state index contributed by atoms with van der Waals surface area (Å²) in [6.45, 7) is 1.95. The Morgan fingerprint density at radius 3 is 2.94 bits per heavy atom. The Balaban J connectivity index is 2.10. The van der Waals surface area contributed by atoms with E-state index in [0.29, 0.717) is 10.9 Å². The summed E-state index contributed by atoms with van der Waals surface area (Å²) in [5.41, 5.74) is 1.48. The molecule has 1 heterocycles. The van der Waals surface area contributed by atoms with Crippen LogP contribution in [0.1, 0.15) is 18.2 Å². The summed E-state index contributed by atoms with van der Waals surface area (Å²) in [4.78, 5) is 18.3. The first-order valence-electron chi connectivity index (χ1n) is 5.65. The van der Waals surface area contributed by atoms with Crippen molar-refractivity contribution in [2.45, 2.75) is 24.3 Å². The van der Waals surface area contributed by atoms with Crippen LogP contribution >= 0.6 is 11.8 Å². The first-order valence-corrected chi connectivity index (χ1v) is 6.63. The lowest BCUT2D eigenvalue weighted by Gasteiger charge is -2.03. The van der Waals surface area contributed by atoms with Crippen molar-refractivity contribution in [1.29, 1.82) is 0 Å². The molecule has 2 rings (SSSR count). The van der Waals surface area contributed by atoms with Gasteiger partial charge in [0.05, 0.1) is 0 Å². The molecule has 0 unspecified atom stereocenters. The molecule has 18 heavy (non-hydrogen) atoms. The molecule has 5 heteroatoms. The van der Waals surface area contributed by atoms with Crippen molar-refractivity contribution in [3.05, 3.63) is 57.8 Å². The van der Waals surface area contributed by atoms with E-state index in [9.17, 15) is 9.18 Å². The third-order valence-electron chi connectivity index (χ3n) is 2.40. The van der Waals surface area contributed by atoms with Crippen LogP contribution in [-0.4, -0.2) is 9.97 Å². The standard InChI is InChI=1S/C13H13FN2OS/c1-2-11-7-12(17)16-13(15-11)18-8-9-4-3-5-10(14)6-9/h3-7H,2,8H2,1H3,(H,15,16,17). The molecule has 94 valence electrons. The van der Waals surface area contributed by atoms with E-state index < -0.39 is 0 Å². The monoisotopic (exact) mass is 264 g/mol. The van der Waals surface area contributed by atoms with Gasteiger partial charge in [-0.1, -0.05) is 30.8 Å². The molecule has 0 saturated carbocycles. The van der Waals surface area contributed by atoms with Gasteiger partial charge in [0.15, 0.2) is 5.16 Å². The molecule has 1 aromatic heterocycles. The summed E-state index contributed by atoms with van der Waals surface area (Å²) in [6, 6.07) is 7.90. The third kappa shape index (κ3) is 3.43. The minimum atomic E-state index is -0.253. The number of thioether (sulfide) groups is 1. The molecule has 0 spiro atoms. The van der Waals surface area contributed by atoms with Crippen molar-refractivity contribution in [1.82, 2.24) is 9.97 Å². The molecule has 0 aliphatic carbocycles. The van der Waals surface area contributed by atoms with Crippen LogP contribution in [0.5, 0.6) is 0 Å². The summed E-state index contributed by atoms with van der Waals surface area (Å²) < 4.78 is 13.0. The molecular formula is C13H13FN2OS. The Morgan fingerprint density at radius 2 is 2.22 bits per heavy atom. The molecule has 0 amide bonds. The van der Waals surface area contributed by atoms with E-state index in [1.807, 2.05) is 13.0 Å². The lowest BCUT2D eigenvalue weighted by atomic mass is 10.2. The third-order valence-corrected chi connectivity index (χ3v) is 3.34. The van der Waals surface area contributed by atoms with Crippen LogP contribution in [0.3, 0.4) is 0 Å². The number of nitrogens with one attached hydrogen (secondary N) is 1. The number of H-pyrrole nitrogens is 1. The quantitative estimate of drug-likeness (QED) is 0.682. The van der Waals surface area contributed by atoms with E-state index in [-0.39, 0.29) is 11.4 Å². The summed E-state index contributed by atoms with van der Waals surface area (Å²) >= 11 is 1.39. The number of benzene rings is 1. The molecule has 0 fully saturated rings. The zero-order valence-corrected chi connectivity index (χ0v) is 10.8. The van der Waals surface area contributed by atoms with Gasteiger partial charge in [-0.05, 0) is 24.1 Å².